The number of hydrogen-bond donors (Lipinski definition) is 0. The van der Waals surface area contributed by atoms with Gasteiger partial charge in [-0.2, -0.15) is 0 Å². The zero-order valence-electron chi connectivity index (χ0n) is 17.0. The van der Waals surface area contributed by atoms with Gasteiger partial charge in [0.25, 0.3) is 0 Å². The van der Waals surface area contributed by atoms with E-state index < -0.39 is 23.5 Å². The lowest BCUT2D eigenvalue weighted by molar-refractivity contribution is -0.142. The molecule has 0 saturated heterocycles. The van der Waals surface area contributed by atoms with Gasteiger partial charge in [-0.3, -0.25) is 9.59 Å². The Morgan fingerprint density at radius 2 is 1.48 bits per heavy atom. The topological polar surface area (TPSA) is 82.1 Å². The van der Waals surface area contributed by atoms with Crippen LogP contribution in [0.15, 0.2) is 18.2 Å². The van der Waals surface area contributed by atoms with Crippen LogP contribution in [0.2, 0.25) is 0 Å². The molecule has 0 fully saturated rings. The molecular weight excluding hydrogens is 350 g/mol. The molecule has 1 rings (SSSR count). The maximum Gasteiger partial charge on any atom is 0.338 e. The van der Waals surface area contributed by atoms with Crippen LogP contribution in [-0.4, -0.2) is 49.8 Å². The summed E-state index contributed by atoms with van der Waals surface area (Å²) in [6.45, 7) is 10.8. The van der Waals surface area contributed by atoms with Crippen LogP contribution in [0, 0.1) is 6.92 Å². The number of rotatable bonds is 8. The third kappa shape index (κ3) is 7.68. The van der Waals surface area contributed by atoms with E-state index in [4.69, 9.17) is 14.2 Å². The highest BCUT2D eigenvalue weighted by molar-refractivity contribution is 5.92. The summed E-state index contributed by atoms with van der Waals surface area (Å²) < 4.78 is 15.4. The van der Waals surface area contributed by atoms with Crippen molar-refractivity contribution >= 4 is 23.6 Å². The molecule has 0 atom stereocenters. The van der Waals surface area contributed by atoms with Crippen molar-refractivity contribution in [1.82, 2.24) is 0 Å². The van der Waals surface area contributed by atoms with E-state index in [0.717, 1.165) is 5.56 Å². The molecule has 1 aromatic carbocycles. The average molecular weight is 379 g/mol. The van der Waals surface area contributed by atoms with E-state index >= 15 is 0 Å². The highest BCUT2D eigenvalue weighted by Gasteiger charge is 2.22. The monoisotopic (exact) mass is 379 g/mol. The largest absolute Gasteiger partial charge is 0.465 e. The summed E-state index contributed by atoms with van der Waals surface area (Å²) in [5, 5.41) is 0. The number of hydrogen-bond acceptors (Lipinski definition) is 7. The number of ether oxygens (including phenoxy) is 3. The standard InChI is InChI=1S/C20H29NO6/c1-7-25-17(22)12-21(13-18(23)26-8-2)16-11-15(10-9-14(16)3)19(24)27-20(4,5)6/h9-11H,7-8,12-13H2,1-6H3. The third-order valence-corrected chi connectivity index (χ3v) is 3.43. The highest BCUT2D eigenvalue weighted by atomic mass is 16.6. The van der Waals surface area contributed by atoms with Crippen molar-refractivity contribution in [2.75, 3.05) is 31.2 Å². The molecule has 0 aliphatic heterocycles. The van der Waals surface area contributed by atoms with Gasteiger partial charge in [-0.15, -0.1) is 0 Å². The molecule has 7 heteroatoms. The molecule has 0 unspecified atom stereocenters. The summed E-state index contributed by atoms with van der Waals surface area (Å²) in [7, 11) is 0. The minimum atomic E-state index is -0.627. The van der Waals surface area contributed by atoms with Crippen molar-refractivity contribution < 1.29 is 28.6 Å². The van der Waals surface area contributed by atoms with E-state index in [-0.39, 0.29) is 26.3 Å². The zero-order valence-corrected chi connectivity index (χ0v) is 17.0. The summed E-state index contributed by atoms with van der Waals surface area (Å²) in [6.07, 6.45) is 0. The number of esters is 3. The van der Waals surface area contributed by atoms with Gasteiger partial charge in [0.1, 0.15) is 18.7 Å². The minimum absolute atomic E-state index is 0.134. The van der Waals surface area contributed by atoms with Crippen LogP contribution in [0.5, 0.6) is 0 Å². The summed E-state index contributed by atoms with van der Waals surface area (Å²) in [4.78, 5) is 37.9. The molecule has 0 heterocycles. The van der Waals surface area contributed by atoms with Gasteiger partial charge in [-0.05, 0) is 59.2 Å². The Kier molecular flexibility index (Phi) is 8.28. The van der Waals surface area contributed by atoms with Crippen molar-refractivity contribution in [1.29, 1.82) is 0 Å². The molecule has 7 nitrogen and oxygen atoms in total. The molecule has 0 radical (unpaired) electrons. The molecule has 150 valence electrons. The predicted molar refractivity (Wildman–Crippen MR) is 102 cm³/mol. The Bertz CT molecular complexity index is 658. The van der Waals surface area contributed by atoms with E-state index in [1.807, 2.05) is 6.92 Å². The molecule has 1 aromatic rings. The van der Waals surface area contributed by atoms with Crippen molar-refractivity contribution in [3.63, 3.8) is 0 Å². The molecule has 0 saturated carbocycles. The van der Waals surface area contributed by atoms with Crippen molar-refractivity contribution in [2.24, 2.45) is 0 Å². The van der Waals surface area contributed by atoms with Crippen molar-refractivity contribution in [3.8, 4) is 0 Å². The lowest BCUT2D eigenvalue weighted by Gasteiger charge is -2.25. The molecular formula is C20H29NO6. The van der Waals surface area contributed by atoms with E-state index in [9.17, 15) is 14.4 Å². The van der Waals surface area contributed by atoms with Gasteiger partial charge < -0.3 is 19.1 Å². The number of aryl methyl sites for hydroxylation is 1. The van der Waals surface area contributed by atoms with Gasteiger partial charge in [0, 0.05) is 5.69 Å². The summed E-state index contributed by atoms with van der Waals surface area (Å²) in [5.41, 5.74) is 1.08. The Balaban J connectivity index is 3.18. The van der Waals surface area contributed by atoms with Crippen molar-refractivity contribution in [3.05, 3.63) is 29.3 Å². The van der Waals surface area contributed by atoms with Crippen LogP contribution in [0.1, 0.15) is 50.5 Å². The number of carbonyl (C=O) groups excluding carboxylic acids is 3. The molecule has 0 aliphatic rings. The fourth-order valence-electron chi connectivity index (χ4n) is 2.37. The van der Waals surface area contributed by atoms with E-state index in [0.29, 0.717) is 11.3 Å². The van der Waals surface area contributed by atoms with Gasteiger partial charge in [-0.1, -0.05) is 6.07 Å². The first-order chi connectivity index (χ1) is 12.6. The second-order valence-electron chi connectivity index (χ2n) is 6.97. The first-order valence-corrected chi connectivity index (χ1v) is 8.97. The fourth-order valence-corrected chi connectivity index (χ4v) is 2.37. The molecule has 27 heavy (non-hydrogen) atoms. The number of nitrogens with zero attached hydrogens (tertiary/aromatic N) is 1. The number of carbonyl (C=O) groups is 3. The first kappa shape index (κ1) is 22.5. The first-order valence-electron chi connectivity index (χ1n) is 8.97. The average Bonchev–Trinajstić information content (AvgIpc) is 2.53. The number of anilines is 1. The van der Waals surface area contributed by atoms with E-state index in [1.165, 1.54) is 0 Å². The smallest absolute Gasteiger partial charge is 0.338 e. The molecule has 0 aliphatic carbocycles. The Morgan fingerprint density at radius 3 is 1.93 bits per heavy atom. The summed E-state index contributed by atoms with van der Waals surface area (Å²) >= 11 is 0. The normalized spacial score (nSPS) is 10.9. The molecule has 0 amide bonds. The molecule has 0 aromatic heterocycles. The zero-order chi connectivity index (χ0) is 20.6. The SMILES string of the molecule is CCOC(=O)CN(CC(=O)OCC)c1cc(C(=O)OC(C)(C)C)ccc1C. The van der Waals surface area contributed by atoms with E-state index in [1.54, 1.807) is 57.7 Å². The van der Waals surface area contributed by atoms with E-state index in [2.05, 4.69) is 0 Å². The molecule has 0 N–H and O–H groups in total. The van der Waals surface area contributed by atoms with Gasteiger partial charge in [0.05, 0.1) is 18.8 Å². The van der Waals surface area contributed by atoms with Crippen LogP contribution < -0.4 is 4.90 Å². The predicted octanol–water partition coefficient (Wildman–Crippen LogP) is 2.88. The second-order valence-corrected chi connectivity index (χ2v) is 6.97. The van der Waals surface area contributed by atoms with Gasteiger partial charge in [0.2, 0.25) is 0 Å². The van der Waals surface area contributed by atoms with Crippen LogP contribution in [0.4, 0.5) is 5.69 Å². The second kappa shape index (κ2) is 9.94. The Labute approximate surface area is 160 Å². The summed E-state index contributed by atoms with van der Waals surface area (Å²) in [5.74, 6) is -1.41. The third-order valence-electron chi connectivity index (χ3n) is 3.43. The van der Waals surface area contributed by atoms with Crippen LogP contribution in [0.3, 0.4) is 0 Å². The number of benzene rings is 1. The van der Waals surface area contributed by atoms with Crippen LogP contribution in [-0.2, 0) is 23.8 Å². The van der Waals surface area contributed by atoms with Crippen LogP contribution in [0.25, 0.3) is 0 Å². The lowest BCUT2D eigenvalue weighted by Crippen LogP contribution is -2.37. The van der Waals surface area contributed by atoms with Gasteiger partial charge >= 0.3 is 17.9 Å². The maximum atomic E-state index is 12.4. The van der Waals surface area contributed by atoms with Gasteiger partial charge in [-0.25, -0.2) is 4.79 Å². The van der Waals surface area contributed by atoms with Crippen LogP contribution >= 0.6 is 0 Å². The van der Waals surface area contributed by atoms with Crippen molar-refractivity contribution in [2.45, 2.75) is 47.1 Å². The summed E-state index contributed by atoms with van der Waals surface area (Å²) in [6, 6.07) is 5.01. The Hall–Kier alpha value is -2.57. The highest BCUT2D eigenvalue weighted by Crippen LogP contribution is 2.23. The minimum Gasteiger partial charge on any atom is -0.465 e. The Morgan fingerprint density at radius 1 is 0.963 bits per heavy atom. The van der Waals surface area contributed by atoms with Gasteiger partial charge in [0.15, 0.2) is 0 Å². The fraction of sp³-hybridized carbons (Fsp3) is 0.550. The maximum absolute atomic E-state index is 12.4. The quantitative estimate of drug-likeness (QED) is 0.507. The lowest BCUT2D eigenvalue weighted by atomic mass is 10.1. The molecule has 0 spiro atoms. The molecule has 0 bridgehead atoms.